The van der Waals surface area contributed by atoms with Crippen LogP contribution in [-0.2, 0) is 3.99 Å². The third-order valence-corrected chi connectivity index (χ3v) is 19.1. The lowest BCUT2D eigenvalue weighted by Crippen LogP contribution is -2.62. The highest BCUT2D eigenvalue weighted by Gasteiger charge is 2.55. The molecule has 0 heterocycles. The molecule has 0 aromatic heterocycles. The molecule has 0 spiro atoms. The van der Waals surface area contributed by atoms with Crippen LogP contribution >= 0.6 is 11.8 Å². The number of carbonyl (C=O) groups excluding carboxylic acids is 1. The molecule has 2 aromatic carbocycles. The van der Waals surface area contributed by atoms with Crippen LogP contribution in [0, 0.1) is 0 Å². The van der Waals surface area contributed by atoms with E-state index in [0.717, 1.165) is 5.56 Å². The van der Waals surface area contributed by atoms with Gasteiger partial charge in [0, 0.05) is 9.56 Å². The quantitative estimate of drug-likeness (QED) is 0.580. The van der Waals surface area contributed by atoms with E-state index in [-0.39, 0.29) is 9.11 Å². The van der Waals surface area contributed by atoms with E-state index in [1.54, 1.807) is 11.8 Å². The van der Waals surface area contributed by atoms with Gasteiger partial charge in [-0.2, -0.15) is 0 Å². The Morgan fingerprint density at radius 1 is 0.750 bits per heavy atom. The third-order valence-electron chi connectivity index (χ3n) is 4.55. The normalized spacial score (nSPS) is 12.9. The Morgan fingerprint density at radius 2 is 1.17 bits per heavy atom. The van der Waals surface area contributed by atoms with Crippen LogP contribution in [0.2, 0.25) is 39.3 Å². The molecule has 1 nitrogen and oxygen atoms in total. The van der Waals surface area contributed by atoms with Crippen molar-refractivity contribution in [2.24, 2.45) is 0 Å². The largest absolute Gasteiger partial charge is 0.282 e. The van der Waals surface area contributed by atoms with Crippen molar-refractivity contribution in [3.05, 3.63) is 71.8 Å². The van der Waals surface area contributed by atoms with Gasteiger partial charge in [-0.25, -0.2) is 0 Å². The molecule has 2 aromatic rings. The van der Waals surface area contributed by atoms with Crippen molar-refractivity contribution in [1.29, 1.82) is 0 Å². The van der Waals surface area contributed by atoms with E-state index in [4.69, 9.17) is 0 Å². The Hall–Kier alpha value is -1.11. The fraction of sp³-hybridized carbons (Fsp3) is 0.350. The molecule has 0 aliphatic rings. The zero-order valence-electron chi connectivity index (χ0n) is 15.6. The molecule has 0 amide bonds. The monoisotopic (exact) mass is 372 g/mol. The van der Waals surface area contributed by atoms with E-state index < -0.39 is 16.1 Å². The van der Waals surface area contributed by atoms with E-state index in [9.17, 15) is 4.79 Å². The lowest BCUT2D eigenvalue weighted by molar-refractivity contribution is 0.108. The zero-order chi connectivity index (χ0) is 18.0. The van der Waals surface area contributed by atoms with Gasteiger partial charge in [-0.15, -0.1) is 0 Å². The van der Waals surface area contributed by atoms with Gasteiger partial charge in [0.25, 0.3) is 0 Å². The van der Waals surface area contributed by atoms with Gasteiger partial charge < -0.3 is 0 Å². The fourth-order valence-electron chi connectivity index (χ4n) is 3.80. The van der Waals surface area contributed by atoms with E-state index in [2.05, 4.69) is 69.6 Å². The minimum Gasteiger partial charge on any atom is -0.282 e. The first-order valence-electron chi connectivity index (χ1n) is 8.43. The van der Waals surface area contributed by atoms with E-state index in [1.165, 1.54) is 5.56 Å². The van der Waals surface area contributed by atoms with Gasteiger partial charge in [0.1, 0.15) is 0 Å². The molecule has 0 saturated heterocycles. The number of benzene rings is 2. The molecule has 2 rings (SSSR count). The van der Waals surface area contributed by atoms with Crippen molar-refractivity contribution in [2.45, 2.75) is 43.3 Å². The lowest BCUT2D eigenvalue weighted by Gasteiger charge is -2.51. The van der Waals surface area contributed by atoms with Gasteiger partial charge in [-0.1, -0.05) is 112 Å². The van der Waals surface area contributed by atoms with Crippen LogP contribution in [-0.4, -0.2) is 21.3 Å². The molecule has 0 unspecified atom stereocenters. The van der Waals surface area contributed by atoms with Crippen LogP contribution in [0.5, 0.6) is 0 Å². The van der Waals surface area contributed by atoms with Crippen LogP contribution in [0.1, 0.15) is 15.9 Å². The molecule has 128 valence electrons. The summed E-state index contributed by atoms with van der Waals surface area (Å²) in [7, 11) is -3.41. The molecule has 0 atom stereocenters. The summed E-state index contributed by atoms with van der Waals surface area (Å²) in [6.45, 7) is 14.4. The highest BCUT2D eigenvalue weighted by atomic mass is 32.2. The van der Waals surface area contributed by atoms with Crippen LogP contribution < -0.4 is 0 Å². The molecular weight excluding hydrogens is 344 g/mol. The topological polar surface area (TPSA) is 17.1 Å². The summed E-state index contributed by atoms with van der Waals surface area (Å²) < 4.78 is -0.0613. The minimum absolute atomic E-state index is 0.0613. The summed E-state index contributed by atoms with van der Waals surface area (Å²) in [6, 6.07) is 20.4. The molecular formula is C20H28OSSi2. The first-order valence-corrected chi connectivity index (χ1v) is 16.3. The van der Waals surface area contributed by atoms with Crippen molar-refractivity contribution in [1.82, 2.24) is 0 Å². The van der Waals surface area contributed by atoms with Crippen LogP contribution in [0.15, 0.2) is 60.7 Å². The van der Waals surface area contributed by atoms with Crippen LogP contribution in [0.4, 0.5) is 0 Å². The Balaban J connectivity index is 2.61. The summed E-state index contributed by atoms with van der Waals surface area (Å²) in [4.78, 5) is 13.1. The van der Waals surface area contributed by atoms with Gasteiger partial charge >= 0.3 is 0 Å². The second-order valence-corrected chi connectivity index (χ2v) is 21.2. The fourth-order valence-corrected chi connectivity index (χ4v) is 18.7. The molecule has 0 aliphatic heterocycles. The Morgan fingerprint density at radius 3 is 1.58 bits per heavy atom. The number of rotatable bonds is 5. The Bertz CT molecular complexity index is 671. The molecule has 0 N–H and O–H groups in total. The Labute approximate surface area is 152 Å². The minimum atomic E-state index is -1.70. The van der Waals surface area contributed by atoms with E-state index in [0.29, 0.717) is 0 Å². The van der Waals surface area contributed by atoms with Gasteiger partial charge in [-0.3, -0.25) is 4.79 Å². The van der Waals surface area contributed by atoms with Crippen molar-refractivity contribution >= 4 is 33.0 Å². The summed E-state index contributed by atoms with van der Waals surface area (Å²) in [5.41, 5.74) is 2.14. The average molecular weight is 373 g/mol. The third kappa shape index (κ3) is 3.60. The number of thioether (sulfide) groups is 1. The van der Waals surface area contributed by atoms with Crippen molar-refractivity contribution in [3.63, 3.8) is 0 Å². The van der Waals surface area contributed by atoms with Crippen LogP contribution in [0.25, 0.3) is 0 Å². The molecule has 0 bridgehead atoms. The average Bonchev–Trinajstić information content (AvgIpc) is 2.51. The van der Waals surface area contributed by atoms with Gasteiger partial charge in [0.2, 0.25) is 5.12 Å². The summed E-state index contributed by atoms with van der Waals surface area (Å²) in [6.07, 6.45) is 0. The second kappa shape index (κ2) is 7.02. The standard InChI is InChI=1S/C20H28OSSi2/c1-23(2,3)20(24(4,5)6,18-15-11-8-12-16-18)22-19(21)17-13-9-7-10-14-17/h7-16H,1-6H3. The predicted molar refractivity (Wildman–Crippen MR) is 113 cm³/mol. The maximum Gasteiger partial charge on any atom is 0.219 e. The van der Waals surface area contributed by atoms with Crippen molar-refractivity contribution < 1.29 is 4.79 Å². The molecule has 0 fully saturated rings. The highest BCUT2D eigenvalue weighted by molar-refractivity contribution is 8.17. The van der Waals surface area contributed by atoms with Crippen molar-refractivity contribution in [3.8, 4) is 0 Å². The lowest BCUT2D eigenvalue weighted by atomic mass is 10.2. The van der Waals surface area contributed by atoms with Crippen LogP contribution in [0.3, 0.4) is 0 Å². The van der Waals surface area contributed by atoms with Gasteiger partial charge in [0.15, 0.2) is 0 Å². The molecule has 0 radical (unpaired) electrons. The zero-order valence-corrected chi connectivity index (χ0v) is 18.4. The first-order chi connectivity index (χ1) is 11.1. The second-order valence-electron chi connectivity index (χ2n) is 8.30. The maximum absolute atomic E-state index is 13.1. The van der Waals surface area contributed by atoms with Gasteiger partial charge in [-0.05, 0) is 5.56 Å². The molecule has 0 aliphatic carbocycles. The Kier molecular flexibility index (Phi) is 5.62. The predicted octanol–water partition coefficient (Wildman–Crippen LogP) is 6.21. The summed E-state index contributed by atoms with van der Waals surface area (Å²) >= 11 is 1.60. The SMILES string of the molecule is C[Si](C)(C)C(SC(=O)c1ccccc1)(c1ccccc1)[Si](C)(C)C. The maximum atomic E-state index is 13.1. The number of hydrogen-bond acceptors (Lipinski definition) is 2. The number of hydrogen-bond donors (Lipinski definition) is 0. The molecule has 0 saturated carbocycles. The highest BCUT2D eigenvalue weighted by Crippen LogP contribution is 2.51. The summed E-state index contributed by atoms with van der Waals surface area (Å²) in [5, 5.41) is 0.198. The van der Waals surface area contributed by atoms with E-state index in [1.807, 2.05) is 30.3 Å². The molecule has 24 heavy (non-hydrogen) atoms. The smallest absolute Gasteiger partial charge is 0.219 e. The van der Waals surface area contributed by atoms with E-state index >= 15 is 0 Å². The summed E-state index contributed by atoms with van der Waals surface area (Å²) in [5.74, 6) is 0. The number of carbonyl (C=O) groups is 1. The molecule has 4 heteroatoms. The van der Waals surface area contributed by atoms with Gasteiger partial charge in [0.05, 0.1) is 16.1 Å². The van der Waals surface area contributed by atoms with Crippen molar-refractivity contribution in [2.75, 3.05) is 0 Å². The first kappa shape index (κ1) is 19.2.